The Morgan fingerprint density at radius 2 is 1.75 bits per heavy atom. The molecule has 0 bridgehead atoms. The average molecular weight is 347 g/mol. The highest BCUT2D eigenvalue weighted by atomic mass is 35.5. The van der Waals surface area contributed by atoms with E-state index in [1.165, 1.54) is 23.8 Å². The molecule has 2 aromatic carbocycles. The van der Waals surface area contributed by atoms with Crippen LogP contribution in [0.15, 0.2) is 30.3 Å². The number of aryl methyl sites for hydroxylation is 3. The Labute approximate surface area is 145 Å². The standard InChI is InChI=1S/C18H19ClN2O3/c1-10-7-12(3)15(8-11(10)2)13(4)20-18(22)14-5-6-16(19)17(9-14)21(23)24/h5-9,13H,1-4H3,(H,20,22)/t13-/m0/s1. The molecule has 1 N–H and O–H groups in total. The first kappa shape index (κ1) is 17.9. The van der Waals surface area contributed by atoms with Gasteiger partial charge in [0.05, 0.1) is 11.0 Å². The number of halogens is 1. The third-order valence-electron chi connectivity index (χ3n) is 4.10. The normalized spacial score (nSPS) is 11.9. The number of nitrogens with one attached hydrogen (secondary N) is 1. The Morgan fingerprint density at radius 1 is 1.12 bits per heavy atom. The predicted molar refractivity (Wildman–Crippen MR) is 94.6 cm³/mol. The smallest absolute Gasteiger partial charge is 0.288 e. The molecule has 0 aliphatic heterocycles. The lowest BCUT2D eigenvalue weighted by Crippen LogP contribution is -2.27. The molecular weight excluding hydrogens is 328 g/mol. The van der Waals surface area contributed by atoms with Gasteiger partial charge in [0.25, 0.3) is 11.6 Å². The molecule has 0 saturated carbocycles. The molecule has 0 fully saturated rings. The van der Waals surface area contributed by atoms with Crippen molar-refractivity contribution < 1.29 is 9.72 Å². The average Bonchev–Trinajstić information content (AvgIpc) is 2.50. The quantitative estimate of drug-likeness (QED) is 0.646. The van der Waals surface area contributed by atoms with Gasteiger partial charge in [-0.15, -0.1) is 0 Å². The van der Waals surface area contributed by atoms with E-state index in [2.05, 4.69) is 17.4 Å². The van der Waals surface area contributed by atoms with Crippen molar-refractivity contribution in [2.45, 2.75) is 33.7 Å². The summed E-state index contributed by atoms with van der Waals surface area (Å²) >= 11 is 5.78. The number of hydrogen-bond acceptors (Lipinski definition) is 3. The summed E-state index contributed by atoms with van der Waals surface area (Å²) in [6.07, 6.45) is 0. The number of rotatable bonds is 4. The molecule has 0 radical (unpaired) electrons. The summed E-state index contributed by atoms with van der Waals surface area (Å²) < 4.78 is 0. The molecule has 2 aromatic rings. The van der Waals surface area contributed by atoms with Crippen molar-refractivity contribution in [3.63, 3.8) is 0 Å². The van der Waals surface area contributed by atoms with Crippen molar-refractivity contribution in [1.29, 1.82) is 0 Å². The van der Waals surface area contributed by atoms with Gasteiger partial charge in [0.2, 0.25) is 0 Å². The van der Waals surface area contributed by atoms with Crippen LogP contribution in [0.25, 0.3) is 0 Å². The summed E-state index contributed by atoms with van der Waals surface area (Å²) in [5.74, 6) is -0.375. The largest absolute Gasteiger partial charge is 0.346 e. The van der Waals surface area contributed by atoms with Crippen molar-refractivity contribution >= 4 is 23.2 Å². The molecule has 1 amide bonds. The number of nitro benzene ring substituents is 1. The maximum atomic E-state index is 12.4. The highest BCUT2D eigenvalue weighted by Crippen LogP contribution is 2.26. The van der Waals surface area contributed by atoms with E-state index >= 15 is 0 Å². The molecule has 0 aromatic heterocycles. The van der Waals surface area contributed by atoms with E-state index in [9.17, 15) is 14.9 Å². The predicted octanol–water partition coefficient (Wildman–Crippen LogP) is 4.66. The van der Waals surface area contributed by atoms with E-state index in [0.29, 0.717) is 0 Å². The first-order valence-corrected chi connectivity index (χ1v) is 7.91. The van der Waals surface area contributed by atoms with E-state index in [1.54, 1.807) is 0 Å². The molecule has 5 nitrogen and oxygen atoms in total. The fraction of sp³-hybridized carbons (Fsp3) is 0.278. The topological polar surface area (TPSA) is 72.2 Å². The van der Waals surface area contributed by atoms with Gasteiger partial charge in [-0.1, -0.05) is 23.7 Å². The van der Waals surface area contributed by atoms with Crippen LogP contribution in [-0.2, 0) is 0 Å². The first-order valence-electron chi connectivity index (χ1n) is 7.53. The minimum atomic E-state index is -0.601. The number of carbonyl (C=O) groups excluding carboxylic acids is 1. The lowest BCUT2D eigenvalue weighted by Gasteiger charge is -2.18. The molecule has 1 atom stereocenters. The molecule has 0 spiro atoms. The zero-order valence-electron chi connectivity index (χ0n) is 14.0. The molecule has 0 aliphatic rings. The van der Waals surface area contributed by atoms with Crippen LogP contribution in [0.2, 0.25) is 5.02 Å². The van der Waals surface area contributed by atoms with Crippen molar-refractivity contribution in [1.82, 2.24) is 5.32 Å². The second-order valence-electron chi connectivity index (χ2n) is 5.91. The number of hydrogen-bond donors (Lipinski definition) is 1. The van der Waals surface area contributed by atoms with Gasteiger partial charge >= 0.3 is 0 Å². The van der Waals surface area contributed by atoms with Crippen LogP contribution in [0.4, 0.5) is 5.69 Å². The summed E-state index contributed by atoms with van der Waals surface area (Å²) in [7, 11) is 0. The lowest BCUT2D eigenvalue weighted by atomic mass is 9.96. The van der Waals surface area contributed by atoms with Crippen molar-refractivity contribution in [2.75, 3.05) is 0 Å². The molecule has 0 unspecified atom stereocenters. The fourth-order valence-corrected chi connectivity index (χ4v) is 2.79. The van der Waals surface area contributed by atoms with Crippen molar-refractivity contribution in [3.05, 3.63) is 73.3 Å². The van der Waals surface area contributed by atoms with Gasteiger partial charge in [-0.05, 0) is 62.1 Å². The van der Waals surface area contributed by atoms with Crippen LogP contribution in [0.1, 0.15) is 45.6 Å². The highest BCUT2D eigenvalue weighted by molar-refractivity contribution is 6.32. The Kier molecular flexibility index (Phi) is 5.24. The number of nitro groups is 1. The summed E-state index contributed by atoms with van der Waals surface area (Å²) in [5, 5.41) is 13.8. The molecule has 2 rings (SSSR count). The van der Waals surface area contributed by atoms with Gasteiger partial charge in [0, 0.05) is 11.6 Å². The Morgan fingerprint density at radius 3 is 2.38 bits per heavy atom. The van der Waals surface area contributed by atoms with Gasteiger partial charge in [0.15, 0.2) is 0 Å². The van der Waals surface area contributed by atoms with Crippen LogP contribution in [-0.4, -0.2) is 10.8 Å². The van der Waals surface area contributed by atoms with E-state index in [-0.39, 0.29) is 28.2 Å². The van der Waals surface area contributed by atoms with E-state index < -0.39 is 4.92 Å². The number of nitrogens with zero attached hydrogens (tertiary/aromatic N) is 1. The summed E-state index contributed by atoms with van der Waals surface area (Å²) in [6, 6.07) is 7.95. The highest BCUT2D eigenvalue weighted by Gasteiger charge is 2.18. The molecule has 6 heteroatoms. The molecule has 0 aliphatic carbocycles. The summed E-state index contributed by atoms with van der Waals surface area (Å²) in [4.78, 5) is 22.7. The first-order chi connectivity index (χ1) is 11.2. The van der Waals surface area contributed by atoms with Crippen LogP contribution < -0.4 is 5.32 Å². The van der Waals surface area contributed by atoms with Crippen LogP contribution in [0.3, 0.4) is 0 Å². The Bertz CT molecular complexity index is 818. The van der Waals surface area contributed by atoms with E-state index in [4.69, 9.17) is 11.6 Å². The molecule has 0 heterocycles. The third-order valence-corrected chi connectivity index (χ3v) is 4.42. The van der Waals surface area contributed by atoms with Gasteiger partial charge in [-0.3, -0.25) is 14.9 Å². The van der Waals surface area contributed by atoms with Gasteiger partial charge < -0.3 is 5.32 Å². The zero-order chi connectivity index (χ0) is 18.0. The van der Waals surface area contributed by atoms with Crippen LogP contribution >= 0.6 is 11.6 Å². The van der Waals surface area contributed by atoms with Crippen LogP contribution in [0, 0.1) is 30.9 Å². The second-order valence-corrected chi connectivity index (χ2v) is 6.32. The van der Waals surface area contributed by atoms with E-state index in [1.807, 2.05) is 27.7 Å². The molecule has 126 valence electrons. The van der Waals surface area contributed by atoms with Crippen LogP contribution in [0.5, 0.6) is 0 Å². The zero-order valence-corrected chi connectivity index (χ0v) is 14.8. The van der Waals surface area contributed by atoms with Gasteiger partial charge in [-0.2, -0.15) is 0 Å². The SMILES string of the molecule is Cc1cc(C)c([C@H](C)NC(=O)c2ccc(Cl)c([N+](=O)[O-])c2)cc1C. The maximum absolute atomic E-state index is 12.4. The minimum absolute atomic E-state index is 0.00889. The summed E-state index contributed by atoms with van der Waals surface area (Å²) in [6.45, 7) is 7.95. The van der Waals surface area contributed by atoms with E-state index in [0.717, 1.165) is 16.7 Å². The van der Waals surface area contributed by atoms with Gasteiger partial charge in [0.1, 0.15) is 5.02 Å². The minimum Gasteiger partial charge on any atom is -0.346 e. The molecular formula is C18H19ClN2O3. The third kappa shape index (κ3) is 3.74. The Hall–Kier alpha value is -2.40. The maximum Gasteiger partial charge on any atom is 0.288 e. The fourth-order valence-electron chi connectivity index (χ4n) is 2.60. The monoisotopic (exact) mass is 346 g/mol. The van der Waals surface area contributed by atoms with Crippen molar-refractivity contribution in [2.24, 2.45) is 0 Å². The summed E-state index contributed by atoms with van der Waals surface area (Å²) in [5.41, 5.74) is 4.39. The van der Waals surface area contributed by atoms with Crippen molar-refractivity contribution in [3.8, 4) is 0 Å². The number of carbonyl (C=O) groups is 1. The molecule has 0 saturated heterocycles. The number of amides is 1. The van der Waals surface area contributed by atoms with Gasteiger partial charge in [-0.25, -0.2) is 0 Å². The Balaban J connectivity index is 2.25. The second kappa shape index (κ2) is 7.01. The number of benzene rings is 2. The lowest BCUT2D eigenvalue weighted by molar-refractivity contribution is -0.384. The molecule has 24 heavy (non-hydrogen) atoms.